The van der Waals surface area contributed by atoms with E-state index in [4.69, 9.17) is 11.0 Å². The minimum atomic E-state index is -0.879. The molecule has 3 nitrogen and oxygen atoms in total. The van der Waals surface area contributed by atoms with Gasteiger partial charge in [0.1, 0.15) is 0 Å². The highest BCUT2D eigenvalue weighted by atomic mass is 16.7. The largest absolute Gasteiger partial charge is 0.366 e. The Kier molecular flexibility index (Phi) is 2.82. The van der Waals surface area contributed by atoms with E-state index in [0.717, 1.165) is 6.42 Å². The molecular weight excluding hydrogens is 142 g/mol. The summed E-state index contributed by atoms with van der Waals surface area (Å²) in [5, 5.41) is 9.14. The van der Waals surface area contributed by atoms with Crippen LogP contribution in [0.1, 0.15) is 13.3 Å². The maximum atomic E-state index is 9.14. The van der Waals surface area contributed by atoms with Gasteiger partial charge in [-0.25, -0.2) is 5.90 Å². The summed E-state index contributed by atoms with van der Waals surface area (Å²) in [7, 11) is 0. The highest BCUT2D eigenvalue weighted by Gasteiger charge is 2.16. The Hall–Kier alpha value is -0.640. The van der Waals surface area contributed by atoms with Crippen molar-refractivity contribution in [2.45, 2.75) is 19.6 Å². The van der Waals surface area contributed by atoms with E-state index >= 15 is 0 Å². The molecule has 0 amide bonds. The van der Waals surface area contributed by atoms with Crippen LogP contribution in [0.15, 0.2) is 23.8 Å². The molecular formula is C8H13NO2. The van der Waals surface area contributed by atoms with E-state index < -0.39 is 6.29 Å². The van der Waals surface area contributed by atoms with Gasteiger partial charge in [0.2, 0.25) is 0 Å². The zero-order valence-corrected chi connectivity index (χ0v) is 6.53. The lowest BCUT2D eigenvalue weighted by atomic mass is 9.97. The van der Waals surface area contributed by atoms with E-state index in [1.807, 2.05) is 25.2 Å². The van der Waals surface area contributed by atoms with E-state index in [-0.39, 0.29) is 5.92 Å². The van der Waals surface area contributed by atoms with Gasteiger partial charge in [0, 0.05) is 5.92 Å². The molecule has 0 radical (unpaired) electrons. The van der Waals surface area contributed by atoms with Crippen LogP contribution in [-0.2, 0) is 4.84 Å². The van der Waals surface area contributed by atoms with Crippen molar-refractivity contribution in [1.82, 2.24) is 0 Å². The first-order valence-electron chi connectivity index (χ1n) is 3.62. The van der Waals surface area contributed by atoms with Crippen LogP contribution < -0.4 is 5.90 Å². The Bertz CT molecular complexity index is 187. The second kappa shape index (κ2) is 3.67. The molecule has 1 aliphatic rings. The van der Waals surface area contributed by atoms with Crippen molar-refractivity contribution in [3.8, 4) is 0 Å². The quantitative estimate of drug-likeness (QED) is 0.456. The molecule has 2 atom stereocenters. The van der Waals surface area contributed by atoms with Crippen LogP contribution in [0.2, 0.25) is 0 Å². The second-order valence-corrected chi connectivity index (χ2v) is 2.73. The maximum Gasteiger partial charge on any atom is 0.180 e. The van der Waals surface area contributed by atoms with Gasteiger partial charge in [-0.1, -0.05) is 23.8 Å². The van der Waals surface area contributed by atoms with Crippen LogP contribution in [0.4, 0.5) is 0 Å². The number of aliphatic hydroxyl groups excluding tert-OH is 1. The lowest BCUT2D eigenvalue weighted by Crippen LogP contribution is -2.25. The molecule has 62 valence electrons. The summed E-state index contributed by atoms with van der Waals surface area (Å²) < 4.78 is 0. The van der Waals surface area contributed by atoms with Crippen molar-refractivity contribution in [2.75, 3.05) is 0 Å². The van der Waals surface area contributed by atoms with E-state index in [9.17, 15) is 0 Å². The highest BCUT2D eigenvalue weighted by Crippen LogP contribution is 2.18. The van der Waals surface area contributed by atoms with Gasteiger partial charge in [-0.15, -0.1) is 0 Å². The van der Waals surface area contributed by atoms with Gasteiger partial charge in [0.25, 0.3) is 0 Å². The number of allylic oxidation sites excluding steroid dienone is 3. The van der Waals surface area contributed by atoms with Crippen LogP contribution in [-0.4, -0.2) is 11.4 Å². The fourth-order valence-corrected chi connectivity index (χ4v) is 1.06. The predicted molar refractivity (Wildman–Crippen MR) is 42.3 cm³/mol. The third-order valence-corrected chi connectivity index (χ3v) is 1.82. The van der Waals surface area contributed by atoms with Crippen molar-refractivity contribution < 1.29 is 9.94 Å². The van der Waals surface area contributed by atoms with Crippen molar-refractivity contribution in [3.05, 3.63) is 23.8 Å². The summed E-state index contributed by atoms with van der Waals surface area (Å²) in [4.78, 5) is 4.30. The molecule has 3 N–H and O–H groups in total. The first-order valence-corrected chi connectivity index (χ1v) is 3.62. The van der Waals surface area contributed by atoms with Gasteiger partial charge in [-0.05, 0) is 13.3 Å². The lowest BCUT2D eigenvalue weighted by Gasteiger charge is -2.18. The Labute approximate surface area is 66.1 Å². The molecule has 0 aromatic rings. The SMILES string of the molecule is CC1=CCC(C(O)ON)C=C1. The second-order valence-electron chi connectivity index (χ2n) is 2.73. The molecule has 0 saturated heterocycles. The van der Waals surface area contributed by atoms with Gasteiger partial charge in [-0.2, -0.15) is 0 Å². The van der Waals surface area contributed by atoms with Crippen molar-refractivity contribution in [2.24, 2.45) is 11.8 Å². The van der Waals surface area contributed by atoms with Crippen LogP contribution in [0.5, 0.6) is 0 Å². The van der Waals surface area contributed by atoms with Gasteiger partial charge in [-0.3, -0.25) is 4.84 Å². The molecule has 0 aromatic heterocycles. The van der Waals surface area contributed by atoms with E-state index in [1.54, 1.807) is 0 Å². The third-order valence-electron chi connectivity index (χ3n) is 1.82. The molecule has 1 rings (SSSR count). The Morgan fingerprint density at radius 1 is 1.82 bits per heavy atom. The number of aliphatic hydroxyl groups is 1. The van der Waals surface area contributed by atoms with Crippen LogP contribution >= 0.6 is 0 Å². The molecule has 0 saturated carbocycles. The minimum Gasteiger partial charge on any atom is -0.366 e. The monoisotopic (exact) mass is 155 g/mol. The number of hydrogen-bond donors (Lipinski definition) is 2. The zero-order valence-electron chi connectivity index (χ0n) is 6.53. The summed E-state index contributed by atoms with van der Waals surface area (Å²) in [5.41, 5.74) is 1.21. The molecule has 11 heavy (non-hydrogen) atoms. The highest BCUT2D eigenvalue weighted by molar-refractivity contribution is 5.21. The van der Waals surface area contributed by atoms with E-state index in [0.29, 0.717) is 0 Å². The molecule has 0 aromatic carbocycles. The molecule has 0 aliphatic heterocycles. The Balaban J connectivity index is 2.48. The van der Waals surface area contributed by atoms with Crippen LogP contribution in [0, 0.1) is 5.92 Å². The summed E-state index contributed by atoms with van der Waals surface area (Å²) in [6.45, 7) is 2.02. The van der Waals surface area contributed by atoms with Crippen LogP contribution in [0.3, 0.4) is 0 Å². The zero-order chi connectivity index (χ0) is 8.27. The average Bonchev–Trinajstić information content (AvgIpc) is 2.05. The molecule has 0 spiro atoms. The first-order chi connectivity index (χ1) is 5.24. The molecule has 1 aliphatic carbocycles. The predicted octanol–water partition coefficient (Wildman–Crippen LogP) is 0.718. The summed E-state index contributed by atoms with van der Waals surface area (Å²) >= 11 is 0. The Morgan fingerprint density at radius 3 is 3.00 bits per heavy atom. The first kappa shape index (κ1) is 8.46. The smallest absolute Gasteiger partial charge is 0.180 e. The number of nitrogens with two attached hydrogens (primary N) is 1. The molecule has 2 unspecified atom stereocenters. The molecule has 0 heterocycles. The minimum absolute atomic E-state index is 0.00343. The molecule has 0 fully saturated rings. The van der Waals surface area contributed by atoms with Gasteiger partial charge >= 0.3 is 0 Å². The van der Waals surface area contributed by atoms with Gasteiger partial charge in [0.05, 0.1) is 0 Å². The normalized spacial score (nSPS) is 26.5. The standard InChI is InChI=1S/C8H13NO2/c1-6-2-4-7(5-3-6)8(10)11-9/h2-4,7-8,10H,5,9H2,1H3. The van der Waals surface area contributed by atoms with Crippen molar-refractivity contribution in [3.63, 3.8) is 0 Å². The average molecular weight is 155 g/mol. The molecule has 3 heteroatoms. The fourth-order valence-electron chi connectivity index (χ4n) is 1.06. The fraction of sp³-hybridized carbons (Fsp3) is 0.500. The summed E-state index contributed by atoms with van der Waals surface area (Å²) in [6.07, 6.45) is 5.83. The number of hydrogen-bond acceptors (Lipinski definition) is 3. The topological polar surface area (TPSA) is 55.5 Å². The van der Waals surface area contributed by atoms with Crippen molar-refractivity contribution in [1.29, 1.82) is 0 Å². The van der Waals surface area contributed by atoms with Gasteiger partial charge in [0.15, 0.2) is 6.29 Å². The summed E-state index contributed by atoms with van der Waals surface area (Å²) in [5.74, 6) is 4.84. The maximum absolute atomic E-state index is 9.14. The molecule has 0 bridgehead atoms. The third kappa shape index (κ3) is 2.15. The van der Waals surface area contributed by atoms with Gasteiger partial charge < -0.3 is 5.11 Å². The van der Waals surface area contributed by atoms with E-state index in [2.05, 4.69) is 4.84 Å². The van der Waals surface area contributed by atoms with Crippen molar-refractivity contribution >= 4 is 0 Å². The van der Waals surface area contributed by atoms with E-state index in [1.165, 1.54) is 5.57 Å². The lowest BCUT2D eigenvalue weighted by molar-refractivity contribution is -0.125. The Morgan fingerprint density at radius 2 is 2.55 bits per heavy atom. The van der Waals surface area contributed by atoms with Crippen LogP contribution in [0.25, 0.3) is 0 Å². The number of rotatable bonds is 2. The summed E-state index contributed by atoms with van der Waals surface area (Å²) in [6, 6.07) is 0.